The minimum absolute atomic E-state index is 0.00831. The lowest BCUT2D eigenvalue weighted by atomic mass is 9.58. The first-order valence-corrected chi connectivity index (χ1v) is 13.0. The maximum Gasteiger partial charge on any atom is 0.276 e. The Bertz CT molecular complexity index is 1340. The summed E-state index contributed by atoms with van der Waals surface area (Å²) in [4.78, 5) is 47.7. The molecule has 5 aliphatic rings. The molecule has 0 atom stereocenters. The zero-order chi connectivity index (χ0) is 24.7. The number of carbonyl (C=O) groups excluding carboxylic acids is 2. The van der Waals surface area contributed by atoms with Gasteiger partial charge in [0.2, 0.25) is 5.91 Å². The summed E-state index contributed by atoms with van der Waals surface area (Å²) in [6.07, 6.45) is 9.30. The van der Waals surface area contributed by atoms with Gasteiger partial charge in [0.25, 0.3) is 11.5 Å². The van der Waals surface area contributed by atoms with E-state index >= 15 is 0 Å². The average molecular weight is 490 g/mol. The summed E-state index contributed by atoms with van der Waals surface area (Å²) in [5, 5.41) is 12.5. The Morgan fingerprint density at radius 2 is 1.69 bits per heavy atom. The van der Waals surface area contributed by atoms with Crippen LogP contribution in [0.5, 0.6) is 0 Å². The topological polar surface area (TPSA) is 130 Å². The molecule has 3 aliphatic carbocycles. The third-order valence-electron chi connectivity index (χ3n) is 9.39. The van der Waals surface area contributed by atoms with Crippen LogP contribution in [0.25, 0.3) is 0 Å². The molecule has 10 heteroatoms. The lowest BCUT2D eigenvalue weighted by molar-refractivity contribution is -0.129. The van der Waals surface area contributed by atoms with Crippen LogP contribution in [0.1, 0.15) is 67.4 Å². The van der Waals surface area contributed by atoms with E-state index in [0.29, 0.717) is 33.8 Å². The molecule has 1 saturated heterocycles. The number of anilines is 3. The molecule has 2 aromatic heterocycles. The number of aryl methyl sites for hydroxylation is 1. The van der Waals surface area contributed by atoms with E-state index < -0.39 is 5.66 Å². The van der Waals surface area contributed by atoms with Crippen LogP contribution in [-0.2, 0) is 10.5 Å². The zero-order valence-electron chi connectivity index (χ0n) is 20.4. The highest BCUT2D eigenvalue weighted by Crippen LogP contribution is 2.59. The zero-order valence-corrected chi connectivity index (χ0v) is 20.4. The number of rotatable bonds is 4. The Balaban J connectivity index is 1.13. The number of carbonyl (C=O) groups is 2. The average Bonchev–Trinajstić information content (AvgIpc) is 3.48. The highest BCUT2D eigenvalue weighted by molar-refractivity contribution is 5.97. The van der Waals surface area contributed by atoms with E-state index in [1.807, 2.05) is 6.92 Å². The van der Waals surface area contributed by atoms with Crippen molar-refractivity contribution in [1.29, 1.82) is 0 Å². The van der Waals surface area contributed by atoms with Gasteiger partial charge in [-0.25, -0.2) is 9.97 Å². The van der Waals surface area contributed by atoms with Gasteiger partial charge in [0.05, 0.1) is 0 Å². The predicted octanol–water partition coefficient (Wildman–Crippen LogP) is 2.38. The summed E-state index contributed by atoms with van der Waals surface area (Å²) >= 11 is 0. The fourth-order valence-corrected chi connectivity index (χ4v) is 6.87. The number of fused-ring (bicyclic) bond motifs is 2. The Hall–Kier alpha value is -3.27. The quantitative estimate of drug-likeness (QED) is 0.519. The number of aromatic nitrogens is 3. The smallest absolute Gasteiger partial charge is 0.276 e. The molecule has 0 bridgehead atoms. The number of pyridine rings is 1. The largest absolute Gasteiger partial charge is 0.336 e. The molecule has 3 spiro atoms. The van der Waals surface area contributed by atoms with Gasteiger partial charge < -0.3 is 21.3 Å². The molecule has 0 aromatic carbocycles. The van der Waals surface area contributed by atoms with Gasteiger partial charge in [-0.05, 0) is 80.8 Å². The molecule has 4 N–H and O–H groups in total. The minimum atomic E-state index is -0.652. The SMILES string of the molecule is Cc1cc(Nc2cc(NC(=O)C3CC4(CNC4)C3)ncn2)c(=O)n2c1C(=O)NC21CCC2(CC2)CC1. The van der Waals surface area contributed by atoms with E-state index in [2.05, 4.69) is 31.2 Å². The third kappa shape index (κ3) is 3.30. The first-order chi connectivity index (χ1) is 17.3. The van der Waals surface area contributed by atoms with E-state index in [1.165, 1.54) is 19.2 Å². The molecule has 2 aliphatic heterocycles. The van der Waals surface area contributed by atoms with Gasteiger partial charge in [-0.3, -0.25) is 19.0 Å². The van der Waals surface area contributed by atoms with E-state index in [4.69, 9.17) is 0 Å². The molecule has 36 heavy (non-hydrogen) atoms. The lowest BCUT2D eigenvalue weighted by Crippen LogP contribution is -2.61. The number of amides is 2. The first kappa shape index (κ1) is 22.0. The van der Waals surface area contributed by atoms with Crippen LogP contribution >= 0.6 is 0 Å². The van der Waals surface area contributed by atoms with Crippen LogP contribution in [0, 0.1) is 23.7 Å². The van der Waals surface area contributed by atoms with Gasteiger partial charge in [0, 0.05) is 25.1 Å². The maximum absolute atomic E-state index is 13.7. The minimum Gasteiger partial charge on any atom is -0.336 e. The summed E-state index contributed by atoms with van der Waals surface area (Å²) in [7, 11) is 0. The van der Waals surface area contributed by atoms with Crippen molar-refractivity contribution in [2.24, 2.45) is 16.7 Å². The van der Waals surface area contributed by atoms with Gasteiger partial charge in [0.15, 0.2) is 0 Å². The molecular weight excluding hydrogens is 458 g/mol. The third-order valence-corrected chi connectivity index (χ3v) is 9.39. The van der Waals surface area contributed by atoms with Crippen molar-refractivity contribution in [2.45, 2.75) is 64.0 Å². The Morgan fingerprint density at radius 1 is 1.00 bits per heavy atom. The molecule has 0 radical (unpaired) electrons. The van der Waals surface area contributed by atoms with Crippen molar-refractivity contribution in [1.82, 2.24) is 25.2 Å². The standard InChI is InChI=1S/C26H31N7O3/c1-15-8-17(23(36)33-20(15)22(35)32-26(33)6-4-24(2-3-24)5-7-26)30-18-9-19(29-14-28-18)31-21(34)16-10-25(11-16)12-27-13-25/h8-9,14,16,27H,2-7,10-13H2,1H3,(H,32,35)(H2,28,29,30,31,34). The predicted molar refractivity (Wildman–Crippen MR) is 133 cm³/mol. The van der Waals surface area contributed by atoms with Crippen LogP contribution in [-0.4, -0.2) is 39.4 Å². The van der Waals surface area contributed by atoms with Crippen molar-refractivity contribution in [3.8, 4) is 0 Å². The summed E-state index contributed by atoms with van der Waals surface area (Å²) in [5.41, 5.74) is 1.41. The molecule has 188 valence electrons. The van der Waals surface area contributed by atoms with E-state index in [-0.39, 0.29) is 23.3 Å². The van der Waals surface area contributed by atoms with Crippen molar-refractivity contribution in [3.63, 3.8) is 0 Å². The van der Waals surface area contributed by atoms with Crippen molar-refractivity contribution < 1.29 is 9.59 Å². The molecule has 2 amide bonds. The van der Waals surface area contributed by atoms with Crippen LogP contribution < -0.4 is 26.8 Å². The second-order valence-corrected chi connectivity index (χ2v) is 11.8. The highest BCUT2D eigenvalue weighted by atomic mass is 16.2. The van der Waals surface area contributed by atoms with Crippen LogP contribution in [0.4, 0.5) is 17.3 Å². The van der Waals surface area contributed by atoms with E-state index in [1.54, 1.807) is 16.7 Å². The number of nitrogens with one attached hydrogen (secondary N) is 4. The second-order valence-electron chi connectivity index (χ2n) is 11.8. The van der Waals surface area contributed by atoms with Gasteiger partial charge in [0.1, 0.15) is 35.0 Å². The summed E-state index contributed by atoms with van der Waals surface area (Å²) in [5.74, 6) is 0.623. The number of hydrogen-bond acceptors (Lipinski definition) is 7. The Morgan fingerprint density at radius 3 is 2.36 bits per heavy atom. The fourth-order valence-electron chi connectivity index (χ4n) is 6.87. The number of nitrogens with zero attached hydrogens (tertiary/aromatic N) is 3. The summed E-state index contributed by atoms with van der Waals surface area (Å²) < 4.78 is 1.69. The second kappa shape index (κ2) is 7.38. The molecule has 7 rings (SSSR count). The molecule has 10 nitrogen and oxygen atoms in total. The Kier molecular flexibility index (Phi) is 4.50. The van der Waals surface area contributed by atoms with Crippen molar-refractivity contribution in [3.05, 3.63) is 40.1 Å². The van der Waals surface area contributed by atoms with Crippen LogP contribution in [0.3, 0.4) is 0 Å². The monoisotopic (exact) mass is 489 g/mol. The molecule has 4 heterocycles. The van der Waals surface area contributed by atoms with Gasteiger partial charge in [-0.1, -0.05) is 0 Å². The maximum atomic E-state index is 13.7. The fraction of sp³-hybridized carbons (Fsp3) is 0.577. The molecule has 3 saturated carbocycles. The molecular formula is C26H31N7O3. The highest BCUT2D eigenvalue weighted by Gasteiger charge is 2.54. The van der Waals surface area contributed by atoms with Crippen molar-refractivity contribution in [2.75, 3.05) is 23.7 Å². The molecule has 2 aromatic rings. The lowest BCUT2D eigenvalue weighted by Gasteiger charge is -2.53. The van der Waals surface area contributed by atoms with E-state index in [9.17, 15) is 14.4 Å². The Labute approximate surface area is 208 Å². The summed E-state index contributed by atoms with van der Waals surface area (Å²) in [6.45, 7) is 3.85. The van der Waals surface area contributed by atoms with Crippen LogP contribution in [0.2, 0.25) is 0 Å². The normalized spacial score (nSPS) is 24.1. The van der Waals surface area contributed by atoms with Crippen LogP contribution in [0.15, 0.2) is 23.3 Å². The first-order valence-electron chi connectivity index (χ1n) is 13.0. The molecule has 4 fully saturated rings. The van der Waals surface area contributed by atoms with Crippen molar-refractivity contribution >= 4 is 29.1 Å². The number of hydrogen-bond donors (Lipinski definition) is 4. The van der Waals surface area contributed by atoms with Gasteiger partial charge in [-0.2, -0.15) is 0 Å². The van der Waals surface area contributed by atoms with E-state index in [0.717, 1.165) is 57.2 Å². The van der Waals surface area contributed by atoms with Gasteiger partial charge >= 0.3 is 0 Å². The molecule has 0 unspecified atom stereocenters. The van der Waals surface area contributed by atoms with Gasteiger partial charge in [-0.15, -0.1) is 0 Å². The summed E-state index contributed by atoms with van der Waals surface area (Å²) in [6, 6.07) is 3.35.